The Labute approximate surface area is 218 Å². The number of nitrogens with zero attached hydrogens (tertiary/aromatic N) is 4. The van der Waals surface area contributed by atoms with E-state index in [1.54, 1.807) is 34.0 Å². The third kappa shape index (κ3) is 5.75. The molecule has 0 saturated carbocycles. The quantitative estimate of drug-likeness (QED) is 0.423. The largest absolute Gasteiger partial charge is 0.296 e. The van der Waals surface area contributed by atoms with Crippen LogP contribution in [0.5, 0.6) is 0 Å². The molecule has 10 nitrogen and oxygen atoms in total. The predicted octanol–water partition coefficient (Wildman–Crippen LogP) is 3.86. The standard InChI is InChI=1S/C22H24ClN5O5S3/c1-2-35(30,31)22-24-13-17(23)19(26-22)20(29)27-21-25-18(14-34-21)15-7-9-16(10-8-15)36(32,33)28-11-5-3-4-6-12-28/h7-10,13-14H,2-6,11-12H2,1H3,(H,25,27,29). The summed E-state index contributed by atoms with van der Waals surface area (Å²) in [5, 5.41) is 3.95. The normalized spacial score (nSPS) is 15.4. The lowest BCUT2D eigenvalue weighted by atomic mass is 10.2. The summed E-state index contributed by atoms with van der Waals surface area (Å²) in [6.45, 7) is 2.50. The number of carbonyl (C=O) groups excluding carboxylic acids is 1. The number of benzene rings is 1. The van der Waals surface area contributed by atoms with Gasteiger partial charge in [0.1, 0.15) is 0 Å². The van der Waals surface area contributed by atoms with E-state index in [0.29, 0.717) is 24.3 Å². The van der Waals surface area contributed by atoms with Crippen LogP contribution in [0.2, 0.25) is 5.02 Å². The SMILES string of the molecule is CCS(=O)(=O)c1ncc(Cl)c(C(=O)Nc2nc(-c3ccc(S(=O)(=O)N4CCCCCC4)cc3)cs2)n1. The highest BCUT2D eigenvalue weighted by Gasteiger charge is 2.25. The molecular formula is C22H24ClN5O5S3. The first-order chi connectivity index (χ1) is 17.1. The van der Waals surface area contributed by atoms with Gasteiger partial charge in [0.15, 0.2) is 10.8 Å². The Morgan fingerprint density at radius 3 is 2.36 bits per heavy atom. The van der Waals surface area contributed by atoms with Crippen LogP contribution in [0, 0.1) is 0 Å². The highest BCUT2D eigenvalue weighted by Crippen LogP contribution is 2.28. The van der Waals surface area contributed by atoms with Gasteiger partial charge in [0.05, 0.1) is 27.6 Å². The Hall–Kier alpha value is -2.45. The Balaban J connectivity index is 1.50. The van der Waals surface area contributed by atoms with Crippen molar-refractivity contribution in [1.82, 2.24) is 19.3 Å². The summed E-state index contributed by atoms with van der Waals surface area (Å²) in [6.07, 6.45) is 4.87. The van der Waals surface area contributed by atoms with Crippen LogP contribution in [-0.2, 0) is 19.9 Å². The number of amides is 1. The molecule has 36 heavy (non-hydrogen) atoms. The van der Waals surface area contributed by atoms with Crippen molar-refractivity contribution in [2.24, 2.45) is 0 Å². The van der Waals surface area contributed by atoms with Crippen LogP contribution in [-0.4, -0.2) is 60.8 Å². The molecular weight excluding hydrogens is 546 g/mol. The van der Waals surface area contributed by atoms with E-state index in [4.69, 9.17) is 11.6 Å². The molecule has 1 amide bonds. The van der Waals surface area contributed by atoms with Gasteiger partial charge in [-0.05, 0) is 25.0 Å². The second kappa shape index (κ2) is 10.9. The Bertz CT molecular complexity index is 1470. The van der Waals surface area contributed by atoms with Crippen LogP contribution in [0.4, 0.5) is 5.13 Å². The molecule has 4 rings (SSSR count). The maximum absolute atomic E-state index is 13.0. The first kappa shape index (κ1) is 26.6. The highest BCUT2D eigenvalue weighted by atomic mass is 35.5. The minimum atomic E-state index is -3.72. The van der Waals surface area contributed by atoms with E-state index >= 15 is 0 Å². The monoisotopic (exact) mass is 569 g/mol. The summed E-state index contributed by atoms with van der Waals surface area (Å²) in [7, 11) is -7.27. The average molecular weight is 570 g/mol. The van der Waals surface area contributed by atoms with Gasteiger partial charge in [-0.2, -0.15) is 4.31 Å². The van der Waals surface area contributed by atoms with Gasteiger partial charge in [-0.3, -0.25) is 10.1 Å². The topological polar surface area (TPSA) is 139 Å². The van der Waals surface area contributed by atoms with Crippen molar-refractivity contribution >= 4 is 53.8 Å². The van der Waals surface area contributed by atoms with Gasteiger partial charge in [0, 0.05) is 24.0 Å². The number of rotatable bonds is 7. The predicted molar refractivity (Wildman–Crippen MR) is 137 cm³/mol. The van der Waals surface area contributed by atoms with E-state index in [9.17, 15) is 21.6 Å². The number of sulfonamides is 1. The molecule has 0 aliphatic carbocycles. The first-order valence-electron chi connectivity index (χ1n) is 11.2. The molecule has 2 aromatic heterocycles. The number of carbonyl (C=O) groups is 1. The van der Waals surface area contributed by atoms with Crippen molar-refractivity contribution in [3.8, 4) is 11.3 Å². The van der Waals surface area contributed by atoms with Crippen molar-refractivity contribution in [2.45, 2.75) is 42.7 Å². The Kier molecular flexibility index (Phi) is 8.05. The minimum absolute atomic E-state index is 0.0967. The summed E-state index contributed by atoms with van der Waals surface area (Å²) in [5.74, 6) is -0.946. The van der Waals surface area contributed by atoms with Gasteiger partial charge in [-0.1, -0.05) is 43.5 Å². The zero-order valence-electron chi connectivity index (χ0n) is 19.3. The summed E-state index contributed by atoms with van der Waals surface area (Å²) in [4.78, 5) is 24.8. The molecule has 0 radical (unpaired) electrons. The fourth-order valence-corrected chi connectivity index (χ4v) is 6.75. The summed E-state index contributed by atoms with van der Waals surface area (Å²) in [5.41, 5.74) is 0.938. The lowest BCUT2D eigenvalue weighted by Gasteiger charge is -2.19. The number of hydrogen-bond acceptors (Lipinski definition) is 9. The van der Waals surface area contributed by atoms with Gasteiger partial charge in [-0.15, -0.1) is 11.3 Å². The van der Waals surface area contributed by atoms with E-state index < -0.39 is 30.9 Å². The number of hydrogen-bond donors (Lipinski definition) is 1. The second-order valence-electron chi connectivity index (χ2n) is 8.09. The molecule has 1 N–H and O–H groups in total. The number of anilines is 1. The van der Waals surface area contributed by atoms with Crippen LogP contribution >= 0.6 is 22.9 Å². The molecule has 0 atom stereocenters. The molecule has 1 aromatic carbocycles. The number of halogens is 1. The fourth-order valence-electron chi connectivity index (χ4n) is 3.64. The third-order valence-electron chi connectivity index (χ3n) is 5.67. The molecule has 0 spiro atoms. The van der Waals surface area contributed by atoms with Crippen molar-refractivity contribution in [3.05, 3.63) is 46.6 Å². The van der Waals surface area contributed by atoms with E-state index in [0.717, 1.165) is 43.2 Å². The zero-order chi connectivity index (χ0) is 25.9. The fraction of sp³-hybridized carbons (Fsp3) is 0.364. The molecule has 1 aliphatic rings. The van der Waals surface area contributed by atoms with Gasteiger partial charge < -0.3 is 0 Å². The third-order valence-corrected chi connectivity index (χ3v) is 10.1. The van der Waals surface area contributed by atoms with Crippen LogP contribution < -0.4 is 5.32 Å². The molecule has 1 aliphatic heterocycles. The van der Waals surface area contributed by atoms with Gasteiger partial charge in [0.2, 0.25) is 25.0 Å². The lowest BCUT2D eigenvalue weighted by Crippen LogP contribution is -2.31. The van der Waals surface area contributed by atoms with Crippen molar-refractivity contribution in [1.29, 1.82) is 0 Å². The highest BCUT2D eigenvalue weighted by molar-refractivity contribution is 7.91. The zero-order valence-corrected chi connectivity index (χ0v) is 22.6. The maximum Gasteiger partial charge on any atom is 0.277 e. The Morgan fingerprint density at radius 1 is 1.06 bits per heavy atom. The number of sulfone groups is 1. The maximum atomic E-state index is 13.0. The number of thiazole rings is 1. The van der Waals surface area contributed by atoms with Crippen LogP contribution in [0.25, 0.3) is 11.3 Å². The second-order valence-corrected chi connectivity index (χ2v) is 13.5. The lowest BCUT2D eigenvalue weighted by molar-refractivity contribution is 0.102. The van der Waals surface area contributed by atoms with E-state index in [-0.39, 0.29) is 26.5 Å². The number of aromatic nitrogens is 3. The van der Waals surface area contributed by atoms with Gasteiger partial charge in [-0.25, -0.2) is 31.8 Å². The van der Waals surface area contributed by atoms with Crippen molar-refractivity contribution in [2.75, 3.05) is 24.2 Å². The Morgan fingerprint density at radius 2 is 1.72 bits per heavy atom. The van der Waals surface area contributed by atoms with Crippen LogP contribution in [0.3, 0.4) is 0 Å². The number of nitrogens with one attached hydrogen (secondary N) is 1. The van der Waals surface area contributed by atoms with Crippen LogP contribution in [0.15, 0.2) is 45.9 Å². The molecule has 1 saturated heterocycles. The molecule has 3 heterocycles. The smallest absolute Gasteiger partial charge is 0.277 e. The van der Waals surface area contributed by atoms with E-state index in [2.05, 4.69) is 20.3 Å². The van der Waals surface area contributed by atoms with E-state index in [1.807, 2.05) is 0 Å². The van der Waals surface area contributed by atoms with Crippen LogP contribution in [0.1, 0.15) is 43.1 Å². The molecule has 1 fully saturated rings. The van der Waals surface area contributed by atoms with E-state index in [1.165, 1.54) is 6.92 Å². The molecule has 14 heteroatoms. The summed E-state index contributed by atoms with van der Waals surface area (Å²) < 4.78 is 51.6. The van der Waals surface area contributed by atoms with Crippen molar-refractivity contribution < 1.29 is 21.6 Å². The average Bonchev–Trinajstić information content (AvgIpc) is 3.14. The molecule has 192 valence electrons. The minimum Gasteiger partial charge on any atom is -0.296 e. The van der Waals surface area contributed by atoms with Gasteiger partial charge >= 0.3 is 0 Å². The molecule has 0 bridgehead atoms. The molecule has 0 unspecified atom stereocenters. The molecule has 3 aromatic rings. The van der Waals surface area contributed by atoms with Gasteiger partial charge in [0.25, 0.3) is 5.91 Å². The van der Waals surface area contributed by atoms with Crippen molar-refractivity contribution in [3.63, 3.8) is 0 Å². The summed E-state index contributed by atoms with van der Waals surface area (Å²) >= 11 is 7.17. The summed E-state index contributed by atoms with van der Waals surface area (Å²) in [6, 6.07) is 6.47. The first-order valence-corrected chi connectivity index (χ1v) is 15.6.